The van der Waals surface area contributed by atoms with E-state index in [4.69, 9.17) is 10.5 Å². The third-order valence-corrected chi connectivity index (χ3v) is 6.24. The Morgan fingerprint density at radius 3 is 2.52 bits per heavy atom. The van der Waals surface area contributed by atoms with E-state index in [2.05, 4.69) is 0 Å². The van der Waals surface area contributed by atoms with Gasteiger partial charge in [-0.2, -0.15) is 4.31 Å². The Morgan fingerprint density at radius 2 is 1.79 bits per heavy atom. The topological polar surface area (TPSA) is 136 Å². The van der Waals surface area contributed by atoms with Crippen LogP contribution in [0.15, 0.2) is 53.4 Å². The molecular weight excluding hydrogens is 398 g/mol. The van der Waals surface area contributed by atoms with E-state index < -0.39 is 34.5 Å². The summed E-state index contributed by atoms with van der Waals surface area (Å²) in [4.78, 5) is 34.0. The van der Waals surface area contributed by atoms with Gasteiger partial charge in [0.15, 0.2) is 6.61 Å². The van der Waals surface area contributed by atoms with Crippen LogP contribution in [-0.4, -0.2) is 43.8 Å². The van der Waals surface area contributed by atoms with Gasteiger partial charge in [0.1, 0.15) is 0 Å². The van der Waals surface area contributed by atoms with Crippen LogP contribution in [0, 0.1) is 0 Å². The summed E-state index contributed by atoms with van der Waals surface area (Å²) in [7, 11) is -3.82. The molecule has 0 aromatic heterocycles. The fraction of sp³-hybridized carbons (Fsp3) is 0.211. The number of nitrogens with two attached hydrogens (primary N) is 1. The number of imide groups is 1. The number of sulfonamides is 1. The molecule has 3 amide bonds. The molecule has 3 N–H and O–H groups in total. The molecule has 10 heteroatoms. The molecule has 1 heterocycles. The number of primary amides is 1. The van der Waals surface area contributed by atoms with Crippen LogP contribution < -0.4 is 11.1 Å². The van der Waals surface area contributed by atoms with Crippen molar-refractivity contribution in [2.24, 2.45) is 5.73 Å². The Morgan fingerprint density at radius 1 is 1.07 bits per heavy atom. The van der Waals surface area contributed by atoms with Crippen molar-refractivity contribution in [3.05, 3.63) is 65.2 Å². The molecule has 3 rings (SSSR count). The zero-order valence-electron chi connectivity index (χ0n) is 15.3. The van der Waals surface area contributed by atoms with E-state index >= 15 is 0 Å². The van der Waals surface area contributed by atoms with Crippen LogP contribution >= 0.6 is 0 Å². The lowest BCUT2D eigenvalue weighted by atomic mass is 10.0. The molecule has 1 aliphatic rings. The van der Waals surface area contributed by atoms with Gasteiger partial charge in [-0.15, -0.1) is 0 Å². The van der Waals surface area contributed by atoms with E-state index in [1.165, 1.54) is 28.6 Å². The SMILES string of the molecule is NC(=O)NC(=O)COC(=O)c1cccc(S(=O)(=O)N2CCc3ccccc3C2)c1. The first-order chi connectivity index (χ1) is 13.8. The maximum absolute atomic E-state index is 13.0. The number of hydrogen-bond acceptors (Lipinski definition) is 6. The van der Waals surface area contributed by atoms with Crippen molar-refractivity contribution in [2.75, 3.05) is 13.2 Å². The average Bonchev–Trinajstić information content (AvgIpc) is 2.71. The van der Waals surface area contributed by atoms with Crippen LogP contribution in [0.1, 0.15) is 21.5 Å². The molecule has 0 unspecified atom stereocenters. The highest BCUT2D eigenvalue weighted by Crippen LogP contribution is 2.25. The monoisotopic (exact) mass is 417 g/mol. The van der Waals surface area contributed by atoms with Crippen molar-refractivity contribution in [2.45, 2.75) is 17.9 Å². The Bertz CT molecular complexity index is 1070. The molecule has 0 aliphatic carbocycles. The maximum atomic E-state index is 13.0. The molecule has 0 atom stereocenters. The molecule has 0 saturated heterocycles. The van der Waals surface area contributed by atoms with Crippen molar-refractivity contribution in [1.29, 1.82) is 0 Å². The summed E-state index contributed by atoms with van der Waals surface area (Å²) in [5.74, 6) is -1.78. The van der Waals surface area contributed by atoms with Crippen LogP contribution in [0.4, 0.5) is 4.79 Å². The quantitative estimate of drug-likeness (QED) is 0.690. The average molecular weight is 417 g/mol. The number of nitrogens with one attached hydrogen (secondary N) is 1. The highest BCUT2D eigenvalue weighted by atomic mass is 32.2. The van der Waals surface area contributed by atoms with Crippen molar-refractivity contribution in [1.82, 2.24) is 9.62 Å². The summed E-state index contributed by atoms with van der Waals surface area (Å²) in [6.07, 6.45) is 0.603. The summed E-state index contributed by atoms with van der Waals surface area (Å²) in [5.41, 5.74) is 6.82. The number of nitrogens with zero attached hydrogens (tertiary/aromatic N) is 1. The van der Waals surface area contributed by atoms with Gasteiger partial charge in [0.25, 0.3) is 5.91 Å². The van der Waals surface area contributed by atoms with Gasteiger partial charge >= 0.3 is 12.0 Å². The number of esters is 1. The van der Waals surface area contributed by atoms with Gasteiger partial charge in [-0.25, -0.2) is 18.0 Å². The largest absolute Gasteiger partial charge is 0.452 e. The van der Waals surface area contributed by atoms with E-state index in [0.29, 0.717) is 13.0 Å². The summed E-state index contributed by atoms with van der Waals surface area (Å²) in [6.45, 7) is -0.135. The lowest BCUT2D eigenvalue weighted by Gasteiger charge is -2.28. The molecule has 1 aliphatic heterocycles. The number of carbonyl (C=O) groups excluding carboxylic acids is 3. The molecule has 152 valence electrons. The number of hydrogen-bond donors (Lipinski definition) is 2. The number of ether oxygens (including phenoxy) is 1. The Hall–Kier alpha value is -3.24. The number of benzene rings is 2. The number of carbonyl (C=O) groups is 3. The molecule has 2 aromatic carbocycles. The van der Waals surface area contributed by atoms with E-state index in [-0.39, 0.29) is 17.0 Å². The van der Waals surface area contributed by atoms with Crippen molar-refractivity contribution >= 4 is 27.9 Å². The molecule has 9 nitrogen and oxygen atoms in total. The number of amides is 3. The first-order valence-electron chi connectivity index (χ1n) is 8.71. The van der Waals surface area contributed by atoms with Crippen molar-refractivity contribution < 1.29 is 27.5 Å². The number of fused-ring (bicyclic) bond motifs is 1. The van der Waals surface area contributed by atoms with E-state index in [9.17, 15) is 22.8 Å². The lowest BCUT2D eigenvalue weighted by Crippen LogP contribution is -2.37. The van der Waals surface area contributed by atoms with Gasteiger partial charge in [-0.05, 0) is 35.7 Å². The Kier molecular flexibility index (Phi) is 5.95. The van der Waals surface area contributed by atoms with Crippen LogP contribution in [0.25, 0.3) is 0 Å². The summed E-state index contributed by atoms with van der Waals surface area (Å²) >= 11 is 0. The highest BCUT2D eigenvalue weighted by molar-refractivity contribution is 7.89. The number of urea groups is 1. The Labute approximate surface area is 167 Å². The molecule has 29 heavy (non-hydrogen) atoms. The fourth-order valence-corrected chi connectivity index (χ4v) is 4.46. The van der Waals surface area contributed by atoms with Crippen LogP contribution in [0.2, 0.25) is 0 Å². The standard InChI is InChI=1S/C19H19N3O6S/c20-19(25)21-17(23)12-28-18(24)14-6-3-7-16(10-14)29(26,27)22-9-8-13-4-1-2-5-15(13)11-22/h1-7,10H,8-9,11-12H2,(H3,20,21,23,25). The van der Waals surface area contributed by atoms with Crippen LogP contribution in [-0.2, 0) is 32.5 Å². The fourth-order valence-electron chi connectivity index (χ4n) is 3.00. The second-order valence-electron chi connectivity index (χ2n) is 6.37. The third kappa shape index (κ3) is 4.79. The highest BCUT2D eigenvalue weighted by Gasteiger charge is 2.28. The first kappa shape index (κ1) is 20.5. The summed E-state index contributed by atoms with van der Waals surface area (Å²) in [5, 5.41) is 1.76. The number of rotatable bonds is 5. The molecule has 0 bridgehead atoms. The normalized spacial score (nSPS) is 13.9. The lowest BCUT2D eigenvalue weighted by molar-refractivity contribution is -0.123. The van der Waals surface area contributed by atoms with E-state index in [0.717, 1.165) is 11.1 Å². The summed E-state index contributed by atoms with van der Waals surface area (Å²) < 4.78 is 32.2. The smallest absolute Gasteiger partial charge is 0.338 e. The minimum atomic E-state index is -3.82. The van der Waals surface area contributed by atoms with Gasteiger partial charge in [0.05, 0.1) is 10.5 Å². The van der Waals surface area contributed by atoms with Crippen LogP contribution in [0.3, 0.4) is 0 Å². The third-order valence-electron chi connectivity index (χ3n) is 4.40. The molecule has 0 saturated carbocycles. The van der Waals surface area contributed by atoms with Crippen LogP contribution in [0.5, 0.6) is 0 Å². The maximum Gasteiger partial charge on any atom is 0.338 e. The molecule has 0 spiro atoms. The summed E-state index contributed by atoms with van der Waals surface area (Å²) in [6, 6.07) is 12.0. The predicted octanol–water partition coefficient (Wildman–Crippen LogP) is 0.785. The zero-order chi connectivity index (χ0) is 21.0. The minimum absolute atomic E-state index is 0.0321. The van der Waals surface area contributed by atoms with E-state index in [1.807, 2.05) is 24.3 Å². The van der Waals surface area contributed by atoms with Crippen molar-refractivity contribution in [3.8, 4) is 0 Å². The molecule has 0 fully saturated rings. The molecular formula is C19H19N3O6S. The molecule has 0 radical (unpaired) electrons. The van der Waals surface area contributed by atoms with Gasteiger partial charge in [-0.1, -0.05) is 30.3 Å². The van der Waals surface area contributed by atoms with Gasteiger partial charge in [0, 0.05) is 13.1 Å². The second-order valence-corrected chi connectivity index (χ2v) is 8.31. The predicted molar refractivity (Wildman–Crippen MR) is 102 cm³/mol. The molecule has 2 aromatic rings. The Balaban J connectivity index is 1.74. The first-order valence-corrected chi connectivity index (χ1v) is 10.1. The van der Waals surface area contributed by atoms with Gasteiger partial charge in [0.2, 0.25) is 10.0 Å². The zero-order valence-corrected chi connectivity index (χ0v) is 16.1. The van der Waals surface area contributed by atoms with Gasteiger partial charge < -0.3 is 10.5 Å². The second kappa shape index (κ2) is 8.41. The van der Waals surface area contributed by atoms with Crippen molar-refractivity contribution in [3.63, 3.8) is 0 Å². The van der Waals surface area contributed by atoms with E-state index in [1.54, 1.807) is 5.32 Å². The van der Waals surface area contributed by atoms with Gasteiger partial charge in [-0.3, -0.25) is 10.1 Å². The minimum Gasteiger partial charge on any atom is -0.452 e.